The molecule has 4 aromatic heterocycles. The van der Waals surface area contributed by atoms with Crippen LogP contribution in [0.15, 0.2) is 94.3 Å². The number of thioether (sulfide) groups is 3. The maximum atomic E-state index is 11.4. The van der Waals surface area contributed by atoms with Crippen molar-refractivity contribution in [3.63, 3.8) is 0 Å². The van der Waals surface area contributed by atoms with Gasteiger partial charge in [-0.2, -0.15) is 0 Å². The van der Waals surface area contributed by atoms with E-state index in [0.717, 1.165) is 172 Å². The summed E-state index contributed by atoms with van der Waals surface area (Å²) in [4.78, 5) is 66.6. The van der Waals surface area contributed by atoms with Crippen molar-refractivity contribution >= 4 is 126 Å². The maximum absolute atomic E-state index is 11.4. The molecule has 516 valence electrons. The Morgan fingerprint density at radius 3 is 1.40 bits per heavy atom. The molecule has 1 unspecified atom stereocenters. The van der Waals surface area contributed by atoms with Gasteiger partial charge in [0.2, 0.25) is 0 Å². The Labute approximate surface area is 635 Å². The number of ether oxygens (including phenoxy) is 7. The summed E-state index contributed by atoms with van der Waals surface area (Å²) >= 11 is 24.4. The number of nitrogen functional groups attached to an aromatic ring is 1. The average Bonchev–Trinajstić information content (AvgIpc) is 1.56. The summed E-state index contributed by atoms with van der Waals surface area (Å²) in [5, 5.41) is 6.51. The van der Waals surface area contributed by atoms with Gasteiger partial charge < -0.3 is 60.0 Å². The molecule has 96 heavy (non-hydrogen) atoms. The van der Waals surface area contributed by atoms with Crippen LogP contribution in [-0.2, 0) is 70.3 Å². The first-order chi connectivity index (χ1) is 45.2. The second-order valence-corrected chi connectivity index (χ2v) is 29.7. The van der Waals surface area contributed by atoms with Crippen LogP contribution in [-0.4, -0.2) is 126 Å². The van der Waals surface area contributed by atoms with E-state index in [9.17, 15) is 18.9 Å². The molecule has 0 spiro atoms. The zero-order valence-corrected chi connectivity index (χ0v) is 65.2. The predicted molar refractivity (Wildman–Crippen MR) is 382 cm³/mol. The number of nitrogens with zero attached hydrogens (tertiary/aromatic N) is 7. The third kappa shape index (κ3) is 27.2. The number of hydrogen-bond acceptors (Lipinski definition) is 25. The Morgan fingerprint density at radius 2 is 0.958 bits per heavy atom. The van der Waals surface area contributed by atoms with Gasteiger partial charge in [0.25, 0.3) is 5.56 Å². The molecule has 6 N–H and O–H groups in total. The van der Waals surface area contributed by atoms with Crippen molar-refractivity contribution in [1.29, 1.82) is 0 Å². The average molecular weight is 1500 g/mol. The smallest absolute Gasteiger partial charge is 0.870 e. The number of methoxy groups -OCH3 is 7. The second kappa shape index (κ2) is 44.1. The van der Waals surface area contributed by atoms with Crippen LogP contribution >= 0.6 is 85.8 Å². The number of nitrogens with two attached hydrogens (primary N) is 1. The van der Waals surface area contributed by atoms with Gasteiger partial charge in [-0.25, -0.2) is 34.9 Å². The Kier molecular flexibility index (Phi) is 39.1. The fourth-order valence-electron chi connectivity index (χ4n) is 10.1. The van der Waals surface area contributed by atoms with Gasteiger partial charge in [0.05, 0.1) is 61.2 Å². The summed E-state index contributed by atoms with van der Waals surface area (Å²) < 4.78 is 45.1. The van der Waals surface area contributed by atoms with E-state index in [1.807, 2.05) is 55.2 Å². The molecule has 5 aliphatic carbocycles. The van der Waals surface area contributed by atoms with Crippen molar-refractivity contribution in [1.82, 2.24) is 39.9 Å². The number of nitrogens with one attached hydrogen (secondary N) is 3. The molecular formula is C64H81Cl4KN11O12PS3. The number of H-pyrrole nitrogens is 1. The summed E-state index contributed by atoms with van der Waals surface area (Å²) in [6, 6.07) is 16.7. The number of hydrogen-bond donors (Lipinski definition) is 4. The molecule has 0 radical (unpaired) electrons. The molecule has 1 fully saturated rings. The van der Waals surface area contributed by atoms with Gasteiger partial charge in [0, 0.05) is 112 Å². The van der Waals surface area contributed by atoms with Gasteiger partial charge in [-0.05, 0) is 142 Å². The Morgan fingerprint density at radius 1 is 0.552 bits per heavy atom. The van der Waals surface area contributed by atoms with Crippen molar-refractivity contribution in [2.24, 2.45) is 5.92 Å². The van der Waals surface area contributed by atoms with E-state index in [4.69, 9.17) is 45.8 Å². The van der Waals surface area contributed by atoms with Crippen molar-refractivity contribution in [3.05, 3.63) is 135 Å². The molecular weight excluding hydrogens is 1420 g/mol. The van der Waals surface area contributed by atoms with Crippen LogP contribution in [0.5, 0.6) is 34.5 Å². The van der Waals surface area contributed by atoms with Gasteiger partial charge in [-0.1, -0.05) is 46.9 Å². The molecule has 3 aromatic carbocycles. The second-order valence-electron chi connectivity index (χ2n) is 20.4. The first-order valence-electron chi connectivity index (χ1n) is 29.5. The number of fused-ring (bicyclic) bond motifs is 4. The molecule has 0 saturated heterocycles. The number of ketones is 1. The topological polar surface area (TPSA) is 319 Å². The number of carbonyl (C=O) groups is 2. The summed E-state index contributed by atoms with van der Waals surface area (Å²) in [6.07, 6.45) is 22.1. The standard InChI is InChI=1S/C16H19N3O2S.C15H17N3O2.C8H9ClN2S.C8H10N2OS.C8H11NO2.C7H10O3.C2H4.Cl3OP.K.H2O/c1-20-11-7-10(8-12(9-11)21-2)17-15-13-5-4-6-14(13)18-16(19-15)22-3;1-19-11-6-10(7-12(8-11)20-2)18-15-13-4-3-5-14(13)16-9-17-15;1-12-8-10-6-4-2-3-5(6)7(9)11-8;1-12-8-9-6-4-2-3-5(6)7(11)10-8;1-10-7-3-6(9)4-8(5-7)11-2;1-10-7(9)5-3-2-4-6(5)8;1-2;1-5(2,3)4;;/h7-9H,4-6H2,1-3H3,(H,17,18,19);6-9H,3-5H2,1-2H3,(H,16,17,18);2-4H2,1H3;2-4H2,1H3,(H,9,10,11);3-5H,9H2,1-2H3;5H,2-4H2,1H3;1-2H2;;;1H2/q;;;;;;;;+1;/p-1. The van der Waals surface area contributed by atoms with Crippen LogP contribution in [0.3, 0.4) is 0 Å². The number of rotatable bonds is 14. The van der Waals surface area contributed by atoms with Crippen LogP contribution in [0.2, 0.25) is 5.15 Å². The summed E-state index contributed by atoms with van der Waals surface area (Å²) in [5.41, 5.74) is 17.0. The molecule has 12 rings (SSSR count). The maximum Gasteiger partial charge on any atom is 1.00 e. The molecule has 1 saturated carbocycles. The summed E-state index contributed by atoms with van der Waals surface area (Å²) in [6.45, 7) is 6.00. The van der Waals surface area contributed by atoms with Gasteiger partial charge in [-0.3, -0.25) is 18.9 Å². The van der Waals surface area contributed by atoms with Crippen LogP contribution in [0.25, 0.3) is 0 Å². The van der Waals surface area contributed by atoms with E-state index < -0.39 is 11.1 Å². The molecule has 4 heterocycles. The molecule has 32 heteroatoms. The predicted octanol–water partition coefficient (Wildman–Crippen LogP) is 11.8. The summed E-state index contributed by atoms with van der Waals surface area (Å²) in [7, 11) is 11.1. The van der Waals surface area contributed by atoms with Crippen molar-refractivity contribution in [2.75, 3.05) is 84.9 Å². The van der Waals surface area contributed by atoms with Gasteiger partial charge in [0.15, 0.2) is 15.5 Å². The quantitative estimate of drug-likeness (QED) is 0.00904. The Bertz CT molecular complexity index is 3700. The van der Waals surface area contributed by atoms with Crippen molar-refractivity contribution in [3.8, 4) is 34.5 Å². The Balaban J connectivity index is 0.000000300. The van der Waals surface area contributed by atoms with Gasteiger partial charge in [-0.15, -0.1) is 13.2 Å². The monoisotopic (exact) mass is 1500 g/mol. The molecule has 1 atom stereocenters. The zero-order valence-electron chi connectivity index (χ0n) is 55.7. The zero-order chi connectivity index (χ0) is 68.9. The fraction of sp³-hybridized carbons (Fsp3) is 0.406. The van der Waals surface area contributed by atoms with E-state index in [1.165, 1.54) is 36.4 Å². The minimum Gasteiger partial charge on any atom is -0.870 e. The van der Waals surface area contributed by atoms with Gasteiger partial charge >= 0.3 is 62.6 Å². The molecule has 23 nitrogen and oxygen atoms in total. The van der Waals surface area contributed by atoms with Crippen molar-refractivity contribution in [2.45, 2.75) is 112 Å². The molecule has 7 aromatic rings. The minimum atomic E-state index is -3.22. The Hall–Kier alpha value is -5.10. The molecule has 5 aliphatic rings. The molecule has 0 amide bonds. The number of esters is 1. The van der Waals surface area contributed by atoms with E-state index in [1.54, 1.807) is 90.7 Å². The molecule has 0 bridgehead atoms. The first-order valence-corrected chi connectivity index (χ1v) is 37.9. The van der Waals surface area contributed by atoms with E-state index in [0.29, 0.717) is 35.2 Å². The van der Waals surface area contributed by atoms with Gasteiger partial charge in [0.1, 0.15) is 69.3 Å². The number of Topliss-reactive ketones (excluding diaryl/α,β-unsaturated/α-hetero) is 1. The van der Waals surface area contributed by atoms with Crippen LogP contribution in [0.4, 0.5) is 28.7 Å². The van der Waals surface area contributed by atoms with Crippen LogP contribution in [0, 0.1) is 5.92 Å². The van der Waals surface area contributed by atoms with Crippen LogP contribution < -0.4 is 102 Å². The van der Waals surface area contributed by atoms with E-state index in [2.05, 4.69) is 102 Å². The molecule has 0 aliphatic heterocycles. The SMILES string of the molecule is C=C.COC(=O)C1CCCC1=O.COc1cc(N)cc(OC)c1.COc1cc(Nc2nc(SC)nc3c2CCC3)cc(OC)c1.COc1cc(Nc2ncnc3c2CCC3)cc(OC)c1.CSc1nc(Cl)c2c(n1)CCC2.CSc1nc2c(c(=O)[nH]1)CCC2.O=P(Cl)(Cl)Cl.[K+].[OH-]. The van der Waals surface area contributed by atoms with E-state index >= 15 is 0 Å². The number of aromatic nitrogens is 8. The largest absolute Gasteiger partial charge is 1.00 e. The minimum absolute atomic E-state index is 0. The number of anilines is 5. The summed E-state index contributed by atoms with van der Waals surface area (Å²) in [5.74, 6) is 5.39. The third-order valence-electron chi connectivity index (χ3n) is 14.5. The van der Waals surface area contributed by atoms with E-state index in [-0.39, 0.29) is 74.2 Å². The third-order valence-corrected chi connectivity index (χ3v) is 16.5. The number of aryl methyl sites for hydroxylation is 4. The normalized spacial score (nSPS) is 13.6. The van der Waals surface area contributed by atoms with Crippen molar-refractivity contribution < 1.29 is 104 Å². The number of benzene rings is 3. The van der Waals surface area contributed by atoms with Crippen LogP contribution in [0.1, 0.15) is 90.0 Å². The number of halogens is 4. The number of aromatic amines is 1. The fourth-order valence-corrected chi connectivity index (χ4v) is 11.6. The number of carbonyl (C=O) groups excluding carboxylic acids is 2. The first kappa shape index (κ1) is 85.1.